The van der Waals surface area contributed by atoms with Crippen molar-refractivity contribution in [3.63, 3.8) is 0 Å². The van der Waals surface area contributed by atoms with Crippen LogP contribution in [-0.2, 0) is 6.42 Å². The number of benzene rings is 1. The van der Waals surface area contributed by atoms with E-state index in [0.29, 0.717) is 23.8 Å². The second-order valence-corrected chi connectivity index (χ2v) is 4.70. The number of aromatic nitrogens is 3. The summed E-state index contributed by atoms with van der Waals surface area (Å²) in [6.07, 6.45) is 1.88. The van der Waals surface area contributed by atoms with Crippen LogP contribution in [0.1, 0.15) is 17.0 Å². The Morgan fingerprint density at radius 2 is 2.14 bits per heavy atom. The molecule has 0 amide bonds. The van der Waals surface area contributed by atoms with Gasteiger partial charge in [0.1, 0.15) is 11.5 Å². The molecule has 0 unspecified atom stereocenters. The van der Waals surface area contributed by atoms with E-state index >= 15 is 0 Å². The summed E-state index contributed by atoms with van der Waals surface area (Å²) in [5.74, 6) is 0.989. The van der Waals surface area contributed by atoms with Crippen LogP contribution in [0.4, 0.5) is 11.6 Å². The number of nitrogens with one attached hydrogen (secondary N) is 2. The molecule has 1 aromatic carbocycles. The molecule has 106 valence electrons. The third kappa shape index (κ3) is 3.17. The Balaban J connectivity index is 1.79. The smallest absolute Gasteiger partial charge is 0.274 e. The number of aromatic amines is 1. The Kier molecular flexibility index (Phi) is 3.51. The lowest BCUT2D eigenvalue weighted by Crippen LogP contribution is -2.18. The minimum absolute atomic E-state index is 0.281. The van der Waals surface area contributed by atoms with Crippen molar-refractivity contribution < 1.29 is 4.42 Å². The third-order valence-corrected chi connectivity index (χ3v) is 2.97. The number of H-pyrrole nitrogens is 1. The SMILES string of the molecule is Cc1cccc(Nc2nnc(Cc3ccco3)c(=O)[nH]2)c1. The Hall–Kier alpha value is -2.89. The lowest BCUT2D eigenvalue weighted by Gasteiger charge is -2.05. The molecule has 0 saturated heterocycles. The zero-order valence-corrected chi connectivity index (χ0v) is 11.5. The molecule has 3 aromatic rings. The Morgan fingerprint density at radius 1 is 1.24 bits per heavy atom. The van der Waals surface area contributed by atoms with Gasteiger partial charge < -0.3 is 9.73 Å². The first-order chi connectivity index (χ1) is 10.2. The average Bonchev–Trinajstić information content (AvgIpc) is 2.95. The lowest BCUT2D eigenvalue weighted by atomic mass is 10.2. The van der Waals surface area contributed by atoms with E-state index in [4.69, 9.17) is 4.42 Å². The standard InChI is InChI=1S/C15H14N4O2/c1-10-4-2-5-11(8-10)16-15-17-14(20)13(18-19-15)9-12-6-3-7-21-12/h2-8H,9H2,1H3,(H2,16,17,19,20). The predicted octanol–water partition coefficient (Wildman–Crippen LogP) is 2.40. The molecule has 0 spiro atoms. The molecular formula is C15H14N4O2. The Bertz CT molecular complexity index is 793. The van der Waals surface area contributed by atoms with E-state index in [9.17, 15) is 4.79 Å². The van der Waals surface area contributed by atoms with Crippen LogP contribution in [0.5, 0.6) is 0 Å². The van der Waals surface area contributed by atoms with Gasteiger partial charge >= 0.3 is 0 Å². The molecule has 2 aromatic heterocycles. The summed E-state index contributed by atoms with van der Waals surface area (Å²) < 4.78 is 5.20. The van der Waals surface area contributed by atoms with E-state index in [1.807, 2.05) is 31.2 Å². The minimum atomic E-state index is -0.281. The summed E-state index contributed by atoms with van der Waals surface area (Å²) in [5, 5.41) is 11.0. The molecule has 0 atom stereocenters. The largest absolute Gasteiger partial charge is 0.469 e. The lowest BCUT2D eigenvalue weighted by molar-refractivity contribution is 0.517. The Morgan fingerprint density at radius 3 is 2.86 bits per heavy atom. The van der Waals surface area contributed by atoms with Crippen molar-refractivity contribution in [2.24, 2.45) is 0 Å². The highest BCUT2D eigenvalue weighted by molar-refractivity contribution is 5.53. The normalized spacial score (nSPS) is 10.5. The van der Waals surface area contributed by atoms with E-state index in [-0.39, 0.29) is 5.56 Å². The molecule has 0 saturated carbocycles. The maximum Gasteiger partial charge on any atom is 0.274 e. The number of furan rings is 1. The van der Waals surface area contributed by atoms with Crippen molar-refractivity contribution in [3.8, 4) is 0 Å². The number of hydrogen-bond acceptors (Lipinski definition) is 5. The van der Waals surface area contributed by atoms with Crippen LogP contribution in [-0.4, -0.2) is 15.2 Å². The Labute approximate surface area is 120 Å². The predicted molar refractivity (Wildman–Crippen MR) is 78.6 cm³/mol. The van der Waals surface area contributed by atoms with Gasteiger partial charge in [-0.25, -0.2) is 0 Å². The minimum Gasteiger partial charge on any atom is -0.469 e. The molecule has 0 aliphatic rings. The number of aryl methyl sites for hydroxylation is 1. The summed E-state index contributed by atoms with van der Waals surface area (Å²) in [7, 11) is 0. The number of rotatable bonds is 4. The van der Waals surface area contributed by atoms with Crippen molar-refractivity contribution in [3.05, 3.63) is 70.0 Å². The monoisotopic (exact) mass is 282 g/mol. The second-order valence-electron chi connectivity index (χ2n) is 4.70. The van der Waals surface area contributed by atoms with Crippen molar-refractivity contribution in [1.29, 1.82) is 0 Å². The molecule has 3 rings (SSSR count). The molecule has 21 heavy (non-hydrogen) atoms. The van der Waals surface area contributed by atoms with Crippen LogP contribution >= 0.6 is 0 Å². The molecule has 0 aliphatic carbocycles. The van der Waals surface area contributed by atoms with E-state index < -0.39 is 0 Å². The molecule has 6 nitrogen and oxygen atoms in total. The van der Waals surface area contributed by atoms with Crippen molar-refractivity contribution in [2.45, 2.75) is 13.3 Å². The first kappa shape index (κ1) is 13.1. The van der Waals surface area contributed by atoms with Crippen LogP contribution in [0.25, 0.3) is 0 Å². The molecule has 2 N–H and O–H groups in total. The van der Waals surface area contributed by atoms with Gasteiger partial charge in [0, 0.05) is 5.69 Å². The van der Waals surface area contributed by atoms with Gasteiger partial charge in [0.25, 0.3) is 5.56 Å². The summed E-state index contributed by atoms with van der Waals surface area (Å²) in [5.41, 5.74) is 2.00. The van der Waals surface area contributed by atoms with Gasteiger partial charge in [-0.1, -0.05) is 12.1 Å². The van der Waals surface area contributed by atoms with Gasteiger partial charge in [0.15, 0.2) is 0 Å². The quantitative estimate of drug-likeness (QED) is 0.767. The second kappa shape index (κ2) is 5.62. The van der Waals surface area contributed by atoms with Crippen LogP contribution < -0.4 is 10.9 Å². The fraction of sp³-hybridized carbons (Fsp3) is 0.133. The molecule has 0 fully saturated rings. The first-order valence-electron chi connectivity index (χ1n) is 6.52. The van der Waals surface area contributed by atoms with Crippen LogP contribution in [0.15, 0.2) is 51.9 Å². The highest BCUT2D eigenvalue weighted by atomic mass is 16.3. The first-order valence-corrected chi connectivity index (χ1v) is 6.52. The zero-order valence-electron chi connectivity index (χ0n) is 11.5. The summed E-state index contributed by atoms with van der Waals surface area (Å²) in [4.78, 5) is 14.7. The van der Waals surface area contributed by atoms with Gasteiger partial charge in [0.2, 0.25) is 5.95 Å². The fourth-order valence-corrected chi connectivity index (χ4v) is 1.97. The zero-order chi connectivity index (χ0) is 14.7. The molecule has 6 heteroatoms. The molecule has 0 bridgehead atoms. The van der Waals surface area contributed by atoms with Crippen molar-refractivity contribution in [1.82, 2.24) is 15.2 Å². The highest BCUT2D eigenvalue weighted by Crippen LogP contribution is 2.13. The van der Waals surface area contributed by atoms with Gasteiger partial charge in [-0.05, 0) is 36.8 Å². The molecule has 0 radical (unpaired) electrons. The molecular weight excluding hydrogens is 268 g/mol. The fourth-order valence-electron chi connectivity index (χ4n) is 1.97. The van der Waals surface area contributed by atoms with Crippen molar-refractivity contribution in [2.75, 3.05) is 5.32 Å². The maximum atomic E-state index is 12.0. The number of nitrogens with zero attached hydrogens (tertiary/aromatic N) is 2. The van der Waals surface area contributed by atoms with E-state index in [1.54, 1.807) is 18.4 Å². The number of anilines is 2. The average molecular weight is 282 g/mol. The van der Waals surface area contributed by atoms with Crippen LogP contribution in [0, 0.1) is 6.92 Å². The third-order valence-electron chi connectivity index (χ3n) is 2.97. The molecule has 0 aliphatic heterocycles. The van der Waals surface area contributed by atoms with Crippen molar-refractivity contribution >= 4 is 11.6 Å². The van der Waals surface area contributed by atoms with E-state index in [1.165, 1.54) is 0 Å². The summed E-state index contributed by atoms with van der Waals surface area (Å²) in [6.45, 7) is 1.99. The van der Waals surface area contributed by atoms with E-state index in [2.05, 4.69) is 20.5 Å². The van der Waals surface area contributed by atoms with Gasteiger partial charge in [-0.2, -0.15) is 0 Å². The number of hydrogen-bond donors (Lipinski definition) is 2. The molecule has 2 heterocycles. The summed E-state index contributed by atoms with van der Waals surface area (Å²) in [6, 6.07) is 11.3. The summed E-state index contributed by atoms with van der Waals surface area (Å²) >= 11 is 0. The van der Waals surface area contributed by atoms with E-state index in [0.717, 1.165) is 11.3 Å². The van der Waals surface area contributed by atoms with Gasteiger partial charge in [0.05, 0.1) is 12.7 Å². The van der Waals surface area contributed by atoms with Gasteiger partial charge in [-0.3, -0.25) is 9.78 Å². The van der Waals surface area contributed by atoms with Crippen LogP contribution in [0.2, 0.25) is 0 Å². The van der Waals surface area contributed by atoms with Crippen LogP contribution in [0.3, 0.4) is 0 Å². The topological polar surface area (TPSA) is 83.8 Å². The van der Waals surface area contributed by atoms with Gasteiger partial charge in [-0.15, -0.1) is 10.2 Å². The maximum absolute atomic E-state index is 12.0. The highest BCUT2D eigenvalue weighted by Gasteiger charge is 2.07.